The lowest BCUT2D eigenvalue weighted by Gasteiger charge is -2.19. The first kappa shape index (κ1) is 21.8. The van der Waals surface area contributed by atoms with Crippen molar-refractivity contribution in [3.05, 3.63) is 95.5 Å². The second kappa shape index (κ2) is 9.35. The van der Waals surface area contributed by atoms with Gasteiger partial charge in [0.15, 0.2) is 11.9 Å². The van der Waals surface area contributed by atoms with Gasteiger partial charge in [-0.3, -0.25) is 4.79 Å². The number of hydrogen-bond acceptors (Lipinski definition) is 6. The molecule has 2 aromatic heterocycles. The maximum Gasteiger partial charge on any atom is 0.339 e. The van der Waals surface area contributed by atoms with E-state index in [9.17, 15) is 14.8 Å². The van der Waals surface area contributed by atoms with Gasteiger partial charge < -0.3 is 20.0 Å². The van der Waals surface area contributed by atoms with E-state index in [1.807, 2.05) is 36.4 Å². The Balaban J connectivity index is 1.88. The molecular formula is C25H21N3O5. The highest BCUT2D eigenvalue weighted by molar-refractivity contribution is 6.11. The number of pyridine rings is 2. The largest absolute Gasteiger partial charge is 0.618 e. The van der Waals surface area contributed by atoms with Gasteiger partial charge in [0.2, 0.25) is 11.7 Å². The van der Waals surface area contributed by atoms with E-state index < -0.39 is 17.9 Å². The lowest BCUT2D eigenvalue weighted by atomic mass is 10.0. The maximum absolute atomic E-state index is 13.6. The standard InChI is InChI=1S/C25H21N3O5/c1-32-23-20(24(29)27-22(25(30)33-2)19-14-8-9-15-28(19)31)17-12-6-7-13-18(17)26-21(23)16-10-4-3-5-11-16/h3-15,22H,1-2H3,(H,27,29). The summed E-state index contributed by atoms with van der Waals surface area (Å²) in [5, 5.41) is 15.5. The number of para-hydroxylation sites is 1. The van der Waals surface area contributed by atoms with Crippen molar-refractivity contribution in [2.24, 2.45) is 0 Å². The zero-order valence-corrected chi connectivity index (χ0v) is 18.0. The van der Waals surface area contributed by atoms with E-state index in [4.69, 9.17) is 14.5 Å². The molecule has 4 rings (SSSR count). The smallest absolute Gasteiger partial charge is 0.339 e. The predicted octanol–water partition coefficient (Wildman–Crippen LogP) is 3.19. The normalized spacial score (nSPS) is 11.6. The fourth-order valence-electron chi connectivity index (χ4n) is 3.65. The molecule has 0 radical (unpaired) electrons. The van der Waals surface area contributed by atoms with Crippen molar-refractivity contribution >= 4 is 22.8 Å². The van der Waals surface area contributed by atoms with Crippen LogP contribution in [-0.4, -0.2) is 31.1 Å². The van der Waals surface area contributed by atoms with E-state index in [2.05, 4.69) is 5.32 Å². The summed E-state index contributed by atoms with van der Waals surface area (Å²) >= 11 is 0. The zero-order valence-electron chi connectivity index (χ0n) is 18.0. The highest BCUT2D eigenvalue weighted by Crippen LogP contribution is 2.36. The Morgan fingerprint density at radius 1 is 0.970 bits per heavy atom. The summed E-state index contributed by atoms with van der Waals surface area (Å²) in [4.78, 5) is 30.8. The number of carbonyl (C=O) groups is 2. The summed E-state index contributed by atoms with van der Waals surface area (Å²) in [6, 6.07) is 19.7. The van der Waals surface area contributed by atoms with Gasteiger partial charge in [0.25, 0.3) is 5.91 Å². The summed E-state index contributed by atoms with van der Waals surface area (Å²) in [5.74, 6) is -1.13. The number of nitrogens with one attached hydrogen (secondary N) is 1. The molecule has 4 aromatic rings. The van der Waals surface area contributed by atoms with Crippen LogP contribution < -0.4 is 14.8 Å². The van der Waals surface area contributed by atoms with E-state index in [-0.39, 0.29) is 17.0 Å². The first-order valence-electron chi connectivity index (χ1n) is 10.1. The summed E-state index contributed by atoms with van der Waals surface area (Å²) in [6.07, 6.45) is 1.24. The van der Waals surface area contributed by atoms with Crippen LogP contribution in [0.25, 0.3) is 22.2 Å². The molecule has 1 atom stereocenters. The van der Waals surface area contributed by atoms with Crippen LogP contribution in [-0.2, 0) is 9.53 Å². The molecule has 1 N–H and O–H groups in total. The first-order chi connectivity index (χ1) is 16.0. The van der Waals surface area contributed by atoms with Crippen molar-refractivity contribution in [1.29, 1.82) is 0 Å². The Labute approximate surface area is 190 Å². The van der Waals surface area contributed by atoms with Gasteiger partial charge >= 0.3 is 5.97 Å². The Hall–Kier alpha value is -4.46. The highest BCUT2D eigenvalue weighted by Gasteiger charge is 2.32. The number of methoxy groups -OCH3 is 2. The second-order valence-corrected chi connectivity index (χ2v) is 7.13. The van der Waals surface area contributed by atoms with Gasteiger partial charge in [0.1, 0.15) is 5.69 Å². The lowest BCUT2D eigenvalue weighted by Crippen LogP contribution is -2.43. The van der Waals surface area contributed by atoms with Crippen molar-refractivity contribution in [3.8, 4) is 17.0 Å². The molecule has 8 heteroatoms. The van der Waals surface area contributed by atoms with Crippen LogP contribution in [0.2, 0.25) is 0 Å². The van der Waals surface area contributed by atoms with E-state index in [0.717, 1.165) is 5.56 Å². The van der Waals surface area contributed by atoms with Gasteiger partial charge in [-0.2, -0.15) is 4.73 Å². The number of amides is 1. The molecular weight excluding hydrogens is 422 g/mol. The highest BCUT2D eigenvalue weighted by atomic mass is 16.5. The Kier molecular flexibility index (Phi) is 6.17. The summed E-state index contributed by atoms with van der Waals surface area (Å²) in [5.41, 5.74) is 2.05. The fraction of sp³-hybridized carbons (Fsp3) is 0.120. The van der Waals surface area contributed by atoms with E-state index >= 15 is 0 Å². The lowest BCUT2D eigenvalue weighted by molar-refractivity contribution is -0.615. The molecule has 33 heavy (non-hydrogen) atoms. The van der Waals surface area contributed by atoms with Crippen LogP contribution in [0, 0.1) is 5.21 Å². The molecule has 2 aromatic carbocycles. The van der Waals surface area contributed by atoms with Crippen LogP contribution in [0.1, 0.15) is 22.1 Å². The van der Waals surface area contributed by atoms with Gasteiger partial charge in [-0.05, 0) is 12.1 Å². The molecule has 1 amide bonds. The quantitative estimate of drug-likeness (QED) is 0.279. The van der Waals surface area contributed by atoms with Crippen LogP contribution in [0.15, 0.2) is 79.0 Å². The average molecular weight is 443 g/mol. The van der Waals surface area contributed by atoms with Crippen molar-refractivity contribution < 1.29 is 23.8 Å². The van der Waals surface area contributed by atoms with Crippen LogP contribution in [0.5, 0.6) is 5.75 Å². The average Bonchev–Trinajstić information content (AvgIpc) is 2.86. The minimum absolute atomic E-state index is 0.0262. The van der Waals surface area contributed by atoms with Crippen molar-refractivity contribution in [1.82, 2.24) is 10.3 Å². The molecule has 0 spiro atoms. The third kappa shape index (κ3) is 4.18. The summed E-state index contributed by atoms with van der Waals surface area (Å²) < 4.78 is 11.0. The van der Waals surface area contributed by atoms with Crippen molar-refractivity contribution in [2.45, 2.75) is 6.04 Å². The molecule has 2 heterocycles. The number of rotatable bonds is 6. The molecule has 166 valence electrons. The van der Waals surface area contributed by atoms with Crippen molar-refractivity contribution in [3.63, 3.8) is 0 Å². The molecule has 0 fully saturated rings. The Morgan fingerprint density at radius 3 is 2.36 bits per heavy atom. The van der Waals surface area contributed by atoms with Crippen LogP contribution in [0.4, 0.5) is 0 Å². The van der Waals surface area contributed by atoms with E-state index in [1.165, 1.54) is 32.5 Å². The first-order valence-corrected chi connectivity index (χ1v) is 10.1. The summed E-state index contributed by atoms with van der Waals surface area (Å²) in [6.45, 7) is 0. The molecule has 0 aliphatic rings. The van der Waals surface area contributed by atoms with E-state index in [0.29, 0.717) is 21.3 Å². The molecule has 1 unspecified atom stereocenters. The third-order valence-electron chi connectivity index (χ3n) is 5.19. The number of carbonyl (C=O) groups excluding carboxylic acids is 2. The monoisotopic (exact) mass is 443 g/mol. The Bertz CT molecular complexity index is 1320. The number of nitrogens with zero attached hydrogens (tertiary/aromatic N) is 2. The minimum atomic E-state index is -1.32. The van der Waals surface area contributed by atoms with Crippen LogP contribution in [0.3, 0.4) is 0 Å². The number of hydrogen-bond donors (Lipinski definition) is 1. The predicted molar refractivity (Wildman–Crippen MR) is 121 cm³/mol. The van der Waals surface area contributed by atoms with Gasteiger partial charge in [-0.1, -0.05) is 48.5 Å². The van der Waals surface area contributed by atoms with Gasteiger partial charge in [0, 0.05) is 23.1 Å². The Morgan fingerprint density at radius 2 is 1.67 bits per heavy atom. The number of esters is 1. The number of ether oxygens (including phenoxy) is 2. The molecule has 0 aliphatic carbocycles. The van der Waals surface area contributed by atoms with Gasteiger partial charge in [0.05, 0.1) is 25.3 Å². The number of fused-ring (bicyclic) bond motifs is 1. The molecule has 8 nitrogen and oxygen atoms in total. The molecule has 0 saturated heterocycles. The van der Waals surface area contributed by atoms with Crippen molar-refractivity contribution in [2.75, 3.05) is 14.2 Å². The second-order valence-electron chi connectivity index (χ2n) is 7.13. The summed E-state index contributed by atoms with van der Waals surface area (Å²) in [7, 11) is 2.64. The topological polar surface area (TPSA) is 104 Å². The number of aromatic nitrogens is 2. The zero-order chi connectivity index (χ0) is 23.4. The fourth-order valence-corrected chi connectivity index (χ4v) is 3.65. The maximum atomic E-state index is 13.6. The van der Waals surface area contributed by atoms with E-state index in [1.54, 1.807) is 24.3 Å². The molecule has 0 aliphatic heterocycles. The third-order valence-corrected chi connectivity index (χ3v) is 5.19. The van der Waals surface area contributed by atoms with Gasteiger partial charge in [-0.15, -0.1) is 0 Å². The number of benzene rings is 2. The van der Waals surface area contributed by atoms with Crippen LogP contribution >= 0.6 is 0 Å². The SMILES string of the molecule is COC(=O)C(NC(=O)c1c(OC)c(-c2ccccc2)nc2ccccc12)c1cccc[n+]1[O-]. The molecule has 0 bridgehead atoms. The van der Waals surface area contributed by atoms with Gasteiger partial charge in [-0.25, -0.2) is 9.78 Å². The minimum Gasteiger partial charge on any atom is -0.618 e. The molecule has 0 saturated carbocycles.